The molecular weight excluding hydrogens is 410 g/mol. The molecule has 3 heteroatoms. The van der Waals surface area contributed by atoms with Crippen LogP contribution in [0.15, 0.2) is 106 Å². The molecule has 0 aliphatic rings. The fourth-order valence-corrected chi connectivity index (χ4v) is 3.57. The molecule has 0 bridgehead atoms. The van der Waals surface area contributed by atoms with E-state index >= 15 is 0 Å². The minimum atomic E-state index is 0.651. The first-order valence-corrected chi connectivity index (χ1v) is 9.88. The predicted octanol–water partition coefficient (Wildman–Crippen LogP) is 7.59. The second-order valence-corrected chi connectivity index (χ2v) is 7.57. The van der Waals surface area contributed by atoms with E-state index in [1.807, 2.05) is 36.4 Å². The van der Waals surface area contributed by atoms with E-state index in [9.17, 15) is 0 Å². The summed E-state index contributed by atoms with van der Waals surface area (Å²) in [5.41, 5.74) is 7.32. The molecule has 28 heavy (non-hydrogen) atoms. The van der Waals surface area contributed by atoms with Crippen molar-refractivity contribution in [2.45, 2.75) is 0 Å². The average molecular weight is 426 g/mol. The normalized spacial score (nSPS) is 11.0. The molecule has 0 radical (unpaired) electrons. The molecule has 0 aliphatic carbocycles. The Morgan fingerprint density at radius 2 is 1.14 bits per heavy atom. The molecule has 5 rings (SSSR count). The topological polar surface area (TPSA) is 26.0 Å². The Bertz CT molecular complexity index is 1240. The van der Waals surface area contributed by atoms with Crippen molar-refractivity contribution < 1.29 is 4.42 Å². The number of fused-ring (bicyclic) bond motifs is 1. The molecule has 0 unspecified atom stereocenters. The third-order valence-corrected chi connectivity index (χ3v) is 5.33. The van der Waals surface area contributed by atoms with Gasteiger partial charge in [-0.2, -0.15) is 0 Å². The highest BCUT2D eigenvalue weighted by Gasteiger charge is 2.09. The number of aromatic nitrogens is 1. The lowest BCUT2D eigenvalue weighted by Gasteiger charge is -2.05. The highest BCUT2D eigenvalue weighted by Crippen LogP contribution is 2.30. The van der Waals surface area contributed by atoms with Crippen LogP contribution >= 0.6 is 15.9 Å². The number of nitrogens with zero attached hydrogens (tertiary/aromatic N) is 1. The monoisotopic (exact) mass is 425 g/mol. The van der Waals surface area contributed by atoms with Crippen molar-refractivity contribution in [1.82, 2.24) is 4.98 Å². The Labute approximate surface area is 171 Å². The SMILES string of the molecule is Brc1ccc(-c2ccc(-c3ccc4nc(-c5ccccc5)oc4c3)cc2)cc1. The van der Waals surface area contributed by atoms with Crippen LogP contribution in [0.5, 0.6) is 0 Å². The van der Waals surface area contributed by atoms with Crippen LogP contribution in [0.4, 0.5) is 0 Å². The molecule has 0 saturated carbocycles. The minimum absolute atomic E-state index is 0.651. The van der Waals surface area contributed by atoms with E-state index < -0.39 is 0 Å². The van der Waals surface area contributed by atoms with Crippen LogP contribution in [0.1, 0.15) is 0 Å². The largest absolute Gasteiger partial charge is 0.436 e. The van der Waals surface area contributed by atoms with Crippen LogP contribution in [0, 0.1) is 0 Å². The summed E-state index contributed by atoms with van der Waals surface area (Å²) in [7, 11) is 0. The Balaban J connectivity index is 1.48. The molecule has 1 aromatic heterocycles. The zero-order valence-electron chi connectivity index (χ0n) is 15.0. The lowest BCUT2D eigenvalue weighted by molar-refractivity contribution is 0.620. The van der Waals surface area contributed by atoms with Gasteiger partial charge in [0, 0.05) is 10.0 Å². The Morgan fingerprint density at radius 3 is 1.82 bits per heavy atom. The van der Waals surface area contributed by atoms with Crippen LogP contribution in [-0.4, -0.2) is 4.98 Å². The van der Waals surface area contributed by atoms with Crippen molar-refractivity contribution in [3.8, 4) is 33.7 Å². The maximum Gasteiger partial charge on any atom is 0.227 e. The number of hydrogen-bond donors (Lipinski definition) is 0. The molecule has 134 valence electrons. The van der Waals surface area contributed by atoms with Crippen molar-refractivity contribution in [1.29, 1.82) is 0 Å². The highest BCUT2D eigenvalue weighted by atomic mass is 79.9. The molecule has 1 heterocycles. The van der Waals surface area contributed by atoms with Crippen molar-refractivity contribution in [3.05, 3.63) is 102 Å². The molecule has 0 aliphatic heterocycles. The molecule has 0 saturated heterocycles. The van der Waals surface area contributed by atoms with Crippen molar-refractivity contribution in [2.24, 2.45) is 0 Å². The first-order valence-electron chi connectivity index (χ1n) is 9.09. The lowest BCUT2D eigenvalue weighted by atomic mass is 10.0. The van der Waals surface area contributed by atoms with E-state index in [2.05, 4.69) is 81.6 Å². The molecule has 0 fully saturated rings. The molecule has 0 amide bonds. The quantitative estimate of drug-likeness (QED) is 0.297. The zero-order valence-corrected chi connectivity index (χ0v) is 16.6. The smallest absolute Gasteiger partial charge is 0.227 e. The van der Waals surface area contributed by atoms with E-state index in [0.29, 0.717) is 5.89 Å². The van der Waals surface area contributed by atoms with Gasteiger partial charge in [0.1, 0.15) is 5.52 Å². The second kappa shape index (κ2) is 7.10. The van der Waals surface area contributed by atoms with Crippen molar-refractivity contribution >= 4 is 27.0 Å². The first kappa shape index (κ1) is 17.0. The fourth-order valence-electron chi connectivity index (χ4n) is 3.31. The van der Waals surface area contributed by atoms with E-state index in [4.69, 9.17) is 4.42 Å². The van der Waals surface area contributed by atoms with Gasteiger partial charge >= 0.3 is 0 Å². The predicted molar refractivity (Wildman–Crippen MR) is 118 cm³/mol. The molecule has 5 aromatic rings. The van der Waals surface area contributed by atoms with Crippen molar-refractivity contribution in [3.63, 3.8) is 0 Å². The maximum atomic E-state index is 6.00. The zero-order chi connectivity index (χ0) is 18.9. The number of halogens is 1. The van der Waals surface area contributed by atoms with E-state index in [1.165, 1.54) is 11.1 Å². The summed E-state index contributed by atoms with van der Waals surface area (Å²) in [6.45, 7) is 0. The highest BCUT2D eigenvalue weighted by molar-refractivity contribution is 9.10. The summed E-state index contributed by atoms with van der Waals surface area (Å²) in [5.74, 6) is 0.651. The first-order chi connectivity index (χ1) is 13.8. The van der Waals surface area contributed by atoms with Crippen LogP contribution in [-0.2, 0) is 0 Å². The number of oxazole rings is 1. The summed E-state index contributed by atoms with van der Waals surface area (Å²) in [6, 6.07) is 33.1. The van der Waals surface area contributed by atoms with Crippen LogP contribution < -0.4 is 0 Å². The number of hydrogen-bond acceptors (Lipinski definition) is 2. The van der Waals surface area contributed by atoms with Gasteiger partial charge in [-0.05, 0) is 58.7 Å². The second-order valence-electron chi connectivity index (χ2n) is 6.65. The summed E-state index contributed by atoms with van der Waals surface area (Å²) in [4.78, 5) is 4.61. The molecule has 0 spiro atoms. The van der Waals surface area contributed by atoms with Gasteiger partial charge in [0.15, 0.2) is 5.58 Å². The molecule has 0 N–H and O–H groups in total. The van der Waals surface area contributed by atoms with Gasteiger partial charge in [-0.15, -0.1) is 0 Å². The van der Waals surface area contributed by atoms with Gasteiger partial charge in [0.2, 0.25) is 5.89 Å². The molecule has 0 atom stereocenters. The van der Waals surface area contributed by atoms with Crippen molar-refractivity contribution in [2.75, 3.05) is 0 Å². The van der Waals surface area contributed by atoms with E-state index in [-0.39, 0.29) is 0 Å². The lowest BCUT2D eigenvalue weighted by Crippen LogP contribution is -1.81. The standard InChI is InChI=1S/C25H16BrNO/c26-22-13-10-18(11-14-22)17-6-8-19(9-7-17)21-12-15-23-24(16-21)28-25(27-23)20-4-2-1-3-5-20/h1-16H. The number of benzene rings is 4. The average Bonchev–Trinajstić information content (AvgIpc) is 3.19. The van der Waals surface area contributed by atoms with Crippen LogP contribution in [0.2, 0.25) is 0 Å². The van der Waals surface area contributed by atoms with Crippen LogP contribution in [0.25, 0.3) is 44.8 Å². The Morgan fingerprint density at radius 1 is 0.571 bits per heavy atom. The van der Waals surface area contributed by atoms with Crippen LogP contribution in [0.3, 0.4) is 0 Å². The summed E-state index contributed by atoms with van der Waals surface area (Å²) in [5, 5.41) is 0. The summed E-state index contributed by atoms with van der Waals surface area (Å²) >= 11 is 3.48. The van der Waals surface area contributed by atoms with Gasteiger partial charge in [-0.3, -0.25) is 0 Å². The van der Waals surface area contributed by atoms with Gasteiger partial charge in [0.25, 0.3) is 0 Å². The Hall–Kier alpha value is -3.17. The molecule has 2 nitrogen and oxygen atoms in total. The van der Waals surface area contributed by atoms with E-state index in [1.54, 1.807) is 0 Å². The number of rotatable bonds is 3. The maximum absolute atomic E-state index is 6.00. The third-order valence-electron chi connectivity index (χ3n) is 4.80. The van der Waals surface area contributed by atoms with Gasteiger partial charge in [0.05, 0.1) is 0 Å². The fraction of sp³-hybridized carbons (Fsp3) is 0. The third kappa shape index (κ3) is 3.25. The summed E-state index contributed by atoms with van der Waals surface area (Å²) in [6.07, 6.45) is 0. The van der Waals surface area contributed by atoms with E-state index in [0.717, 1.165) is 32.3 Å². The molecule has 4 aromatic carbocycles. The van der Waals surface area contributed by atoms with Gasteiger partial charge in [-0.1, -0.05) is 76.6 Å². The van der Waals surface area contributed by atoms with Gasteiger partial charge in [-0.25, -0.2) is 4.98 Å². The summed E-state index contributed by atoms with van der Waals surface area (Å²) < 4.78 is 7.09. The molecular formula is C25H16BrNO. The Kier molecular flexibility index (Phi) is 4.30. The van der Waals surface area contributed by atoms with Gasteiger partial charge < -0.3 is 4.42 Å². The minimum Gasteiger partial charge on any atom is -0.436 e.